The highest BCUT2D eigenvalue weighted by Crippen LogP contribution is 2.18. The van der Waals surface area contributed by atoms with Crippen molar-refractivity contribution in [1.82, 2.24) is 4.72 Å². The number of hydrogen-bond donors (Lipinski definition) is 1. The van der Waals surface area contributed by atoms with Crippen molar-refractivity contribution < 1.29 is 17.9 Å². The third kappa shape index (κ3) is 6.09. The van der Waals surface area contributed by atoms with Gasteiger partial charge in [0, 0.05) is 17.6 Å². The Morgan fingerprint density at radius 3 is 2.48 bits per heavy atom. The zero-order valence-corrected chi connectivity index (χ0v) is 14.2. The summed E-state index contributed by atoms with van der Waals surface area (Å²) >= 11 is 5.77. The van der Waals surface area contributed by atoms with Crippen molar-refractivity contribution in [3.05, 3.63) is 59.1 Å². The molecule has 0 aliphatic rings. The number of nitrogens with one attached hydrogen (secondary N) is 1. The van der Waals surface area contributed by atoms with Crippen LogP contribution in [0.3, 0.4) is 0 Å². The highest BCUT2D eigenvalue weighted by molar-refractivity contribution is 7.88. The van der Waals surface area contributed by atoms with Crippen LogP contribution in [0.5, 0.6) is 11.5 Å². The van der Waals surface area contributed by atoms with Crippen LogP contribution in [0.1, 0.15) is 5.56 Å². The van der Waals surface area contributed by atoms with E-state index in [2.05, 4.69) is 4.72 Å². The summed E-state index contributed by atoms with van der Waals surface area (Å²) in [6.45, 7) is 0.417. The van der Waals surface area contributed by atoms with Crippen LogP contribution in [-0.2, 0) is 15.8 Å². The quantitative estimate of drug-likeness (QED) is 0.739. The molecule has 0 saturated heterocycles. The molecule has 2 aromatic rings. The summed E-state index contributed by atoms with van der Waals surface area (Å²) in [5.41, 5.74) is 0.676. The van der Waals surface area contributed by atoms with Gasteiger partial charge in [0.1, 0.15) is 18.1 Å². The molecule has 0 spiro atoms. The summed E-state index contributed by atoms with van der Waals surface area (Å²) in [5.74, 6) is 1.22. The largest absolute Gasteiger partial charge is 0.497 e. The van der Waals surface area contributed by atoms with E-state index >= 15 is 0 Å². The summed E-state index contributed by atoms with van der Waals surface area (Å²) < 4.78 is 37.0. The molecular weight excluding hydrogens is 338 g/mol. The third-order valence-corrected chi connectivity index (χ3v) is 4.61. The van der Waals surface area contributed by atoms with Gasteiger partial charge in [-0.05, 0) is 29.8 Å². The molecule has 0 heterocycles. The van der Waals surface area contributed by atoms with Crippen molar-refractivity contribution >= 4 is 21.6 Å². The lowest BCUT2D eigenvalue weighted by molar-refractivity contribution is 0.320. The van der Waals surface area contributed by atoms with Crippen molar-refractivity contribution in [2.75, 3.05) is 20.3 Å². The molecule has 0 bridgehead atoms. The van der Waals surface area contributed by atoms with Gasteiger partial charge in [-0.15, -0.1) is 0 Å². The normalized spacial score (nSPS) is 11.2. The minimum absolute atomic E-state index is 0.0939. The van der Waals surface area contributed by atoms with Gasteiger partial charge in [0.25, 0.3) is 0 Å². The van der Waals surface area contributed by atoms with Gasteiger partial charge in [0.15, 0.2) is 0 Å². The maximum absolute atomic E-state index is 12.0. The zero-order valence-electron chi connectivity index (χ0n) is 12.7. The summed E-state index contributed by atoms with van der Waals surface area (Å²) in [6, 6.07) is 13.8. The molecule has 7 heteroatoms. The summed E-state index contributed by atoms with van der Waals surface area (Å²) in [7, 11) is -1.84. The van der Waals surface area contributed by atoms with Crippen LogP contribution in [-0.4, -0.2) is 28.7 Å². The molecule has 0 atom stereocenters. The van der Waals surface area contributed by atoms with Crippen LogP contribution >= 0.6 is 11.6 Å². The number of sulfonamides is 1. The Labute approximate surface area is 141 Å². The Morgan fingerprint density at radius 1 is 1.09 bits per heavy atom. The molecule has 5 nitrogen and oxygen atoms in total. The fraction of sp³-hybridized carbons (Fsp3) is 0.250. The SMILES string of the molecule is COc1cccc(OCCNS(=O)(=O)Cc2ccc(Cl)cc2)c1. The summed E-state index contributed by atoms with van der Waals surface area (Å²) in [6.07, 6.45) is 0. The Balaban J connectivity index is 1.79. The van der Waals surface area contributed by atoms with E-state index in [9.17, 15) is 8.42 Å². The first kappa shape index (κ1) is 17.6. The van der Waals surface area contributed by atoms with Crippen LogP contribution in [0.2, 0.25) is 5.02 Å². The van der Waals surface area contributed by atoms with E-state index in [0.29, 0.717) is 22.1 Å². The van der Waals surface area contributed by atoms with Gasteiger partial charge in [0.2, 0.25) is 10.0 Å². The highest BCUT2D eigenvalue weighted by atomic mass is 35.5. The number of hydrogen-bond acceptors (Lipinski definition) is 4. The van der Waals surface area contributed by atoms with Gasteiger partial charge >= 0.3 is 0 Å². The average Bonchev–Trinajstić information content (AvgIpc) is 2.54. The Hall–Kier alpha value is -1.76. The van der Waals surface area contributed by atoms with E-state index in [0.717, 1.165) is 0 Å². The van der Waals surface area contributed by atoms with E-state index in [1.807, 2.05) is 6.07 Å². The number of benzene rings is 2. The topological polar surface area (TPSA) is 64.6 Å². The van der Waals surface area contributed by atoms with Gasteiger partial charge in [-0.3, -0.25) is 0 Å². The predicted octanol–water partition coefficient (Wildman–Crippen LogP) is 2.85. The molecule has 0 radical (unpaired) electrons. The second kappa shape index (κ2) is 8.19. The molecule has 0 aromatic heterocycles. The first-order valence-electron chi connectivity index (χ1n) is 6.97. The minimum Gasteiger partial charge on any atom is -0.497 e. The molecule has 0 saturated carbocycles. The van der Waals surface area contributed by atoms with Crippen LogP contribution in [0.15, 0.2) is 48.5 Å². The Bertz CT molecular complexity index is 732. The molecule has 23 heavy (non-hydrogen) atoms. The van der Waals surface area contributed by atoms with Crippen molar-refractivity contribution in [3.8, 4) is 11.5 Å². The van der Waals surface area contributed by atoms with Crippen molar-refractivity contribution in [3.63, 3.8) is 0 Å². The molecule has 0 aliphatic carbocycles. The molecule has 2 aromatic carbocycles. The van der Waals surface area contributed by atoms with E-state index in [4.69, 9.17) is 21.1 Å². The fourth-order valence-corrected chi connectivity index (χ4v) is 3.16. The summed E-state index contributed by atoms with van der Waals surface area (Å²) in [4.78, 5) is 0. The molecule has 0 aliphatic heterocycles. The van der Waals surface area contributed by atoms with Crippen molar-refractivity contribution in [1.29, 1.82) is 0 Å². The van der Waals surface area contributed by atoms with E-state index in [1.54, 1.807) is 49.6 Å². The van der Waals surface area contributed by atoms with E-state index in [-0.39, 0.29) is 18.9 Å². The standard InChI is InChI=1S/C16H18ClNO4S/c1-21-15-3-2-4-16(11-15)22-10-9-18-23(19,20)12-13-5-7-14(17)8-6-13/h2-8,11,18H,9-10,12H2,1H3. The molecular formula is C16H18ClNO4S. The van der Waals surface area contributed by atoms with Gasteiger partial charge in [-0.2, -0.15) is 0 Å². The number of ether oxygens (including phenoxy) is 2. The monoisotopic (exact) mass is 355 g/mol. The van der Waals surface area contributed by atoms with Crippen LogP contribution < -0.4 is 14.2 Å². The maximum Gasteiger partial charge on any atom is 0.215 e. The predicted molar refractivity (Wildman–Crippen MR) is 90.6 cm³/mol. The van der Waals surface area contributed by atoms with E-state index < -0.39 is 10.0 Å². The molecule has 124 valence electrons. The second-order valence-electron chi connectivity index (χ2n) is 4.81. The van der Waals surface area contributed by atoms with Crippen LogP contribution in [0.4, 0.5) is 0 Å². The number of methoxy groups -OCH3 is 1. The second-order valence-corrected chi connectivity index (χ2v) is 7.05. The number of rotatable bonds is 8. The summed E-state index contributed by atoms with van der Waals surface area (Å²) in [5, 5.41) is 0.575. The molecule has 0 unspecified atom stereocenters. The third-order valence-electron chi connectivity index (χ3n) is 3.00. The van der Waals surface area contributed by atoms with Gasteiger partial charge < -0.3 is 9.47 Å². The first-order chi connectivity index (χ1) is 11.0. The van der Waals surface area contributed by atoms with Crippen molar-refractivity contribution in [2.45, 2.75) is 5.75 Å². The van der Waals surface area contributed by atoms with E-state index in [1.165, 1.54) is 0 Å². The molecule has 2 rings (SSSR count). The van der Waals surface area contributed by atoms with Gasteiger partial charge in [-0.25, -0.2) is 13.1 Å². The van der Waals surface area contributed by atoms with Crippen molar-refractivity contribution in [2.24, 2.45) is 0 Å². The average molecular weight is 356 g/mol. The fourth-order valence-electron chi connectivity index (χ4n) is 1.91. The molecule has 0 fully saturated rings. The van der Waals surface area contributed by atoms with Gasteiger partial charge in [0.05, 0.1) is 12.9 Å². The van der Waals surface area contributed by atoms with Gasteiger partial charge in [-0.1, -0.05) is 29.8 Å². The Kier molecular flexibility index (Phi) is 6.27. The van der Waals surface area contributed by atoms with Crippen LogP contribution in [0, 0.1) is 0 Å². The highest BCUT2D eigenvalue weighted by Gasteiger charge is 2.11. The number of halogens is 1. The Morgan fingerprint density at radius 2 is 1.78 bits per heavy atom. The van der Waals surface area contributed by atoms with Crippen LogP contribution in [0.25, 0.3) is 0 Å². The lowest BCUT2D eigenvalue weighted by Crippen LogP contribution is -2.29. The lowest BCUT2D eigenvalue weighted by Gasteiger charge is -2.09. The smallest absolute Gasteiger partial charge is 0.215 e. The molecule has 1 N–H and O–H groups in total. The molecule has 0 amide bonds. The zero-order chi connectivity index (χ0) is 16.7. The minimum atomic E-state index is -3.41. The maximum atomic E-state index is 12.0. The lowest BCUT2D eigenvalue weighted by atomic mass is 10.2. The first-order valence-corrected chi connectivity index (χ1v) is 9.00.